The van der Waals surface area contributed by atoms with E-state index in [1.165, 1.54) is 0 Å². The summed E-state index contributed by atoms with van der Waals surface area (Å²) in [5.74, 6) is -0.813. The fourth-order valence-electron chi connectivity index (χ4n) is 0.924. The van der Waals surface area contributed by atoms with Gasteiger partial charge in [0.25, 0.3) is 0 Å². The minimum atomic E-state index is -0.813. The summed E-state index contributed by atoms with van der Waals surface area (Å²) in [4.78, 5) is 10.4. The van der Waals surface area contributed by atoms with Gasteiger partial charge < -0.3 is 19.4 Å². The third-order valence-electron chi connectivity index (χ3n) is 1.64. The van der Waals surface area contributed by atoms with Crippen molar-refractivity contribution in [3.05, 3.63) is 0 Å². The van der Waals surface area contributed by atoms with E-state index >= 15 is 0 Å². The number of carbonyl (C=O) groups is 1. The summed E-state index contributed by atoms with van der Waals surface area (Å²) in [7, 11) is 3.66. The monoisotopic (exact) mass is 192 g/mol. The Morgan fingerprint density at radius 3 is 2.46 bits per heavy atom. The van der Waals surface area contributed by atoms with Crippen molar-refractivity contribution in [2.24, 2.45) is 0 Å². The van der Waals surface area contributed by atoms with Crippen LogP contribution in [-0.2, 0) is 9.53 Å². The van der Waals surface area contributed by atoms with Crippen LogP contribution < -0.4 is 0 Å². The van der Waals surface area contributed by atoms with Crippen molar-refractivity contribution in [3.63, 3.8) is 0 Å². The number of rotatable bonds is 7. The Bertz CT molecular complexity index is 158. The van der Waals surface area contributed by atoms with Crippen LogP contribution in [0.1, 0.15) is 0 Å². The van der Waals surface area contributed by atoms with Crippen LogP contribution in [0.3, 0.4) is 0 Å². The fraction of sp³-hybridized carbons (Fsp3) is 0.875. The van der Waals surface area contributed by atoms with Gasteiger partial charge in [0.2, 0.25) is 0 Å². The smallest absolute Gasteiger partial charge is 0.359 e. The standard InChI is InChI=1S/C8H17NO4/c1-9(2,7-8(11)12)3-5-13-6-4-10/h10H,3-7H2,1-2H3/p+1. The van der Waals surface area contributed by atoms with Crippen molar-refractivity contribution < 1.29 is 24.2 Å². The summed E-state index contributed by atoms with van der Waals surface area (Å²) >= 11 is 0. The number of ether oxygens (including phenoxy) is 1. The number of hydrogen-bond donors (Lipinski definition) is 2. The largest absolute Gasteiger partial charge is 0.477 e. The van der Waals surface area contributed by atoms with Gasteiger partial charge in [-0.05, 0) is 0 Å². The molecule has 78 valence electrons. The maximum Gasteiger partial charge on any atom is 0.359 e. The summed E-state index contributed by atoms with van der Waals surface area (Å²) < 4.78 is 5.43. The molecule has 0 aromatic carbocycles. The number of hydrogen-bond acceptors (Lipinski definition) is 3. The molecular weight excluding hydrogens is 174 g/mol. The molecule has 13 heavy (non-hydrogen) atoms. The second-order valence-corrected chi connectivity index (χ2v) is 3.55. The van der Waals surface area contributed by atoms with Crippen LogP contribution in [0.25, 0.3) is 0 Å². The second kappa shape index (κ2) is 5.90. The SMILES string of the molecule is C[N+](C)(CCOCCO)CC(=O)O. The third kappa shape index (κ3) is 7.70. The predicted molar refractivity (Wildman–Crippen MR) is 47.4 cm³/mol. The van der Waals surface area contributed by atoms with Gasteiger partial charge in [-0.3, -0.25) is 0 Å². The van der Waals surface area contributed by atoms with E-state index in [9.17, 15) is 4.79 Å². The highest BCUT2D eigenvalue weighted by atomic mass is 16.5. The molecule has 0 rings (SSSR count). The van der Waals surface area contributed by atoms with E-state index in [4.69, 9.17) is 14.9 Å². The zero-order valence-electron chi connectivity index (χ0n) is 8.19. The Labute approximate surface area is 78.1 Å². The van der Waals surface area contributed by atoms with Gasteiger partial charge in [-0.1, -0.05) is 0 Å². The number of quaternary nitrogens is 1. The van der Waals surface area contributed by atoms with Crippen molar-refractivity contribution in [2.75, 3.05) is 47.0 Å². The summed E-state index contributed by atoms with van der Waals surface area (Å²) in [5.41, 5.74) is 0. The van der Waals surface area contributed by atoms with Crippen molar-refractivity contribution in [1.29, 1.82) is 0 Å². The molecule has 0 spiro atoms. The average Bonchev–Trinajstić information content (AvgIpc) is 1.95. The molecule has 5 heteroatoms. The van der Waals surface area contributed by atoms with E-state index in [1.54, 1.807) is 0 Å². The Morgan fingerprint density at radius 1 is 1.38 bits per heavy atom. The van der Waals surface area contributed by atoms with Gasteiger partial charge in [0.1, 0.15) is 6.54 Å². The minimum Gasteiger partial charge on any atom is -0.477 e. The molecule has 0 aromatic rings. The normalized spacial score (nSPS) is 11.6. The second-order valence-electron chi connectivity index (χ2n) is 3.55. The molecule has 0 saturated heterocycles. The maximum atomic E-state index is 10.4. The molecule has 0 fully saturated rings. The Kier molecular flexibility index (Phi) is 5.61. The van der Waals surface area contributed by atoms with E-state index < -0.39 is 5.97 Å². The number of aliphatic hydroxyl groups is 1. The molecule has 0 aliphatic heterocycles. The van der Waals surface area contributed by atoms with Crippen molar-refractivity contribution >= 4 is 5.97 Å². The van der Waals surface area contributed by atoms with Crippen LogP contribution in [0.15, 0.2) is 0 Å². The fourth-order valence-corrected chi connectivity index (χ4v) is 0.924. The van der Waals surface area contributed by atoms with Crippen LogP contribution in [0.4, 0.5) is 0 Å². The molecule has 0 unspecified atom stereocenters. The summed E-state index contributed by atoms with van der Waals surface area (Å²) in [5, 5.41) is 17.0. The molecule has 0 radical (unpaired) electrons. The highest BCUT2D eigenvalue weighted by Gasteiger charge is 2.18. The van der Waals surface area contributed by atoms with Crippen LogP contribution in [-0.4, -0.2) is 67.7 Å². The lowest BCUT2D eigenvalue weighted by Crippen LogP contribution is -2.46. The molecule has 0 aliphatic carbocycles. The van der Waals surface area contributed by atoms with Gasteiger partial charge in [0, 0.05) is 0 Å². The first-order valence-electron chi connectivity index (χ1n) is 4.20. The molecular formula is C8H18NO4+. The summed E-state index contributed by atoms with van der Waals surface area (Å²) in [6.07, 6.45) is 0. The van der Waals surface area contributed by atoms with E-state index in [0.29, 0.717) is 24.2 Å². The first kappa shape index (κ1) is 12.3. The van der Waals surface area contributed by atoms with E-state index in [-0.39, 0.29) is 13.2 Å². The van der Waals surface area contributed by atoms with Crippen LogP contribution in [0.2, 0.25) is 0 Å². The van der Waals surface area contributed by atoms with E-state index in [0.717, 1.165) is 0 Å². The van der Waals surface area contributed by atoms with Crippen molar-refractivity contribution in [2.45, 2.75) is 0 Å². The van der Waals surface area contributed by atoms with Crippen LogP contribution >= 0.6 is 0 Å². The molecule has 0 bridgehead atoms. The summed E-state index contributed by atoms with van der Waals surface area (Å²) in [6, 6.07) is 0. The lowest BCUT2D eigenvalue weighted by Gasteiger charge is -2.27. The zero-order valence-corrected chi connectivity index (χ0v) is 8.19. The highest BCUT2D eigenvalue weighted by molar-refractivity contribution is 5.67. The lowest BCUT2D eigenvalue weighted by atomic mass is 10.4. The molecule has 0 aromatic heterocycles. The number of carboxylic acids is 1. The molecule has 0 saturated carbocycles. The first-order chi connectivity index (χ1) is 5.98. The van der Waals surface area contributed by atoms with Gasteiger partial charge in [0.15, 0.2) is 6.54 Å². The van der Waals surface area contributed by atoms with Crippen LogP contribution in [0.5, 0.6) is 0 Å². The van der Waals surface area contributed by atoms with E-state index in [1.807, 2.05) is 14.1 Å². The molecule has 0 aliphatic rings. The number of carboxylic acid groups (broad SMARTS) is 1. The topological polar surface area (TPSA) is 66.8 Å². The number of nitrogens with zero attached hydrogens (tertiary/aromatic N) is 1. The predicted octanol–water partition coefficient (Wildman–Crippen LogP) is -0.844. The van der Waals surface area contributed by atoms with Gasteiger partial charge in [0.05, 0.1) is 33.9 Å². The van der Waals surface area contributed by atoms with Crippen molar-refractivity contribution in [1.82, 2.24) is 0 Å². The van der Waals surface area contributed by atoms with Gasteiger partial charge in [-0.15, -0.1) is 0 Å². The lowest BCUT2D eigenvalue weighted by molar-refractivity contribution is -0.883. The Hall–Kier alpha value is -0.650. The molecule has 5 nitrogen and oxygen atoms in total. The zero-order chi connectivity index (χ0) is 10.3. The third-order valence-corrected chi connectivity index (χ3v) is 1.64. The van der Waals surface area contributed by atoms with Gasteiger partial charge in [-0.2, -0.15) is 0 Å². The molecule has 0 heterocycles. The van der Waals surface area contributed by atoms with Crippen molar-refractivity contribution in [3.8, 4) is 0 Å². The highest BCUT2D eigenvalue weighted by Crippen LogP contribution is 1.95. The minimum absolute atomic E-state index is 0.00631. The quantitative estimate of drug-likeness (QED) is 0.407. The van der Waals surface area contributed by atoms with Gasteiger partial charge >= 0.3 is 5.97 Å². The van der Waals surface area contributed by atoms with Crippen LogP contribution in [0, 0.1) is 0 Å². The van der Waals surface area contributed by atoms with Gasteiger partial charge in [-0.25, -0.2) is 4.79 Å². The average molecular weight is 192 g/mol. The molecule has 0 atom stereocenters. The maximum absolute atomic E-state index is 10.4. The number of aliphatic carboxylic acids is 1. The number of aliphatic hydroxyl groups excluding tert-OH is 1. The summed E-state index contributed by atoms with van der Waals surface area (Å²) in [6.45, 7) is 1.51. The number of likely N-dealkylation sites (N-methyl/N-ethyl adjacent to an activating group) is 1. The Balaban J connectivity index is 3.56. The first-order valence-corrected chi connectivity index (χ1v) is 4.20. The molecule has 2 N–H and O–H groups in total. The molecule has 0 amide bonds. The Morgan fingerprint density at radius 2 is 2.00 bits per heavy atom. The van der Waals surface area contributed by atoms with E-state index in [2.05, 4.69) is 0 Å².